The average Bonchev–Trinajstić information content (AvgIpc) is 3.38. The van der Waals surface area contributed by atoms with E-state index < -0.39 is 0 Å². The van der Waals surface area contributed by atoms with Gasteiger partial charge in [-0.15, -0.1) is 0 Å². The van der Waals surface area contributed by atoms with Gasteiger partial charge >= 0.3 is 0 Å². The van der Waals surface area contributed by atoms with Crippen LogP contribution in [0, 0.1) is 5.92 Å². The van der Waals surface area contributed by atoms with E-state index in [0.717, 1.165) is 45.1 Å². The van der Waals surface area contributed by atoms with E-state index in [9.17, 15) is 4.79 Å². The Morgan fingerprint density at radius 3 is 2.03 bits per heavy atom. The summed E-state index contributed by atoms with van der Waals surface area (Å²) in [6.07, 6.45) is 0.809. The van der Waals surface area contributed by atoms with Crippen LogP contribution >= 0.6 is 0 Å². The predicted octanol–water partition coefficient (Wildman–Crippen LogP) is 7.19. The molecule has 0 radical (unpaired) electrons. The number of hydrogen-bond donors (Lipinski definition) is 0. The Bertz CT molecular complexity index is 1420. The van der Waals surface area contributed by atoms with Crippen LogP contribution < -0.4 is 14.2 Å². The number of fused-ring (bicyclic) bond motifs is 3. The van der Waals surface area contributed by atoms with E-state index in [4.69, 9.17) is 18.9 Å². The van der Waals surface area contributed by atoms with E-state index in [1.807, 2.05) is 66.7 Å². The number of benzene rings is 4. The molecule has 1 heterocycles. The van der Waals surface area contributed by atoms with E-state index in [1.54, 1.807) is 7.11 Å². The molecule has 6 rings (SSSR count). The van der Waals surface area contributed by atoms with Crippen molar-refractivity contribution in [3.63, 3.8) is 0 Å². The number of Topliss-reactive ketones (excluding diaryl/α,β-unsaturated/α-hetero) is 1. The Morgan fingerprint density at radius 2 is 1.38 bits per heavy atom. The predicted molar refractivity (Wildman–Crippen MR) is 149 cm³/mol. The number of hydrogen-bond acceptors (Lipinski definition) is 5. The van der Waals surface area contributed by atoms with Gasteiger partial charge in [-0.25, -0.2) is 0 Å². The van der Waals surface area contributed by atoms with Gasteiger partial charge in [0.25, 0.3) is 0 Å². The van der Waals surface area contributed by atoms with Crippen molar-refractivity contribution in [3.05, 3.63) is 125 Å². The molecule has 1 fully saturated rings. The first-order valence-electron chi connectivity index (χ1n) is 13.5. The van der Waals surface area contributed by atoms with Gasteiger partial charge in [0.05, 0.1) is 6.61 Å². The highest BCUT2D eigenvalue weighted by atomic mass is 16.5. The molecule has 5 heteroatoms. The van der Waals surface area contributed by atoms with Crippen LogP contribution in [0.3, 0.4) is 0 Å². The molecule has 4 aromatic carbocycles. The number of carbonyl (C=O) groups is 1. The van der Waals surface area contributed by atoms with Crippen LogP contribution in [0.2, 0.25) is 0 Å². The van der Waals surface area contributed by atoms with Gasteiger partial charge in [0.1, 0.15) is 42.3 Å². The monoisotopic (exact) mass is 520 g/mol. The summed E-state index contributed by atoms with van der Waals surface area (Å²) in [6, 6.07) is 32.4. The van der Waals surface area contributed by atoms with Gasteiger partial charge in [-0.05, 0) is 41.0 Å². The number of carbonyl (C=O) groups excluding carboxylic acids is 1. The summed E-state index contributed by atoms with van der Waals surface area (Å²) in [6.45, 7) is 1.39. The molecule has 4 aromatic rings. The topological polar surface area (TPSA) is 54.0 Å². The van der Waals surface area contributed by atoms with Crippen LogP contribution in [0.25, 0.3) is 0 Å². The third-order valence-electron chi connectivity index (χ3n) is 7.63. The van der Waals surface area contributed by atoms with Gasteiger partial charge in [0, 0.05) is 42.9 Å². The van der Waals surface area contributed by atoms with Gasteiger partial charge in [-0.3, -0.25) is 4.79 Å². The lowest BCUT2D eigenvalue weighted by atomic mass is 9.79. The summed E-state index contributed by atoms with van der Waals surface area (Å²) in [5.74, 6) is 2.81. The molecule has 0 unspecified atom stereocenters. The molecule has 39 heavy (non-hydrogen) atoms. The van der Waals surface area contributed by atoms with Crippen LogP contribution in [0.1, 0.15) is 52.7 Å². The molecule has 0 amide bonds. The van der Waals surface area contributed by atoms with Crippen molar-refractivity contribution in [1.29, 1.82) is 0 Å². The zero-order chi connectivity index (χ0) is 26.6. The second-order valence-corrected chi connectivity index (χ2v) is 10.3. The van der Waals surface area contributed by atoms with Crippen molar-refractivity contribution in [2.45, 2.75) is 44.7 Å². The molecule has 0 aromatic heterocycles. The van der Waals surface area contributed by atoms with E-state index in [2.05, 4.69) is 30.3 Å². The smallest absolute Gasteiger partial charge is 0.133 e. The molecule has 1 aliphatic heterocycles. The Balaban J connectivity index is 1.26. The van der Waals surface area contributed by atoms with Crippen molar-refractivity contribution >= 4 is 5.78 Å². The summed E-state index contributed by atoms with van der Waals surface area (Å²) in [5.41, 5.74) is 5.25. The minimum absolute atomic E-state index is 0.0702. The summed E-state index contributed by atoms with van der Waals surface area (Å²) < 4.78 is 24.4. The maximum atomic E-state index is 12.7. The third kappa shape index (κ3) is 5.55. The molecular formula is C34H32O5. The van der Waals surface area contributed by atoms with Crippen LogP contribution in [0.4, 0.5) is 0 Å². The maximum absolute atomic E-state index is 12.7. The van der Waals surface area contributed by atoms with Crippen LogP contribution in [0.5, 0.6) is 17.2 Å². The van der Waals surface area contributed by atoms with Gasteiger partial charge in [-0.1, -0.05) is 72.8 Å². The standard InChI is InChI=1S/C34H32O5/c1-36-22-26-16-29(38-21-24-10-6-3-7-11-24)19-32-30-17-27(35)18-31(30)33(39-34(26)32)25-12-14-28(15-13-25)37-20-23-8-4-2-5-9-23/h2-16,19,30-31,33H,17-18,20-22H2,1H3/t30-,31+,33+/m0/s1. The zero-order valence-electron chi connectivity index (χ0n) is 22.0. The summed E-state index contributed by atoms with van der Waals surface area (Å²) in [4.78, 5) is 12.7. The molecule has 0 N–H and O–H groups in total. The molecule has 1 aliphatic carbocycles. The number of ketones is 1. The SMILES string of the molecule is COCc1cc(OCc2ccccc2)cc2c1O[C@H](c1ccc(OCc3ccccc3)cc1)[C@@H]1CC(=O)C[C@H]21. The summed E-state index contributed by atoms with van der Waals surface area (Å²) >= 11 is 0. The lowest BCUT2D eigenvalue weighted by Gasteiger charge is -2.37. The lowest BCUT2D eigenvalue weighted by Crippen LogP contribution is -2.27. The normalized spacial score (nSPS) is 19.6. The van der Waals surface area contributed by atoms with Gasteiger partial charge < -0.3 is 18.9 Å². The quantitative estimate of drug-likeness (QED) is 0.234. The van der Waals surface area contributed by atoms with Crippen molar-refractivity contribution in [2.75, 3.05) is 7.11 Å². The van der Waals surface area contributed by atoms with E-state index >= 15 is 0 Å². The Labute approximate surface area is 229 Å². The van der Waals surface area contributed by atoms with Crippen LogP contribution in [-0.4, -0.2) is 12.9 Å². The second kappa shape index (κ2) is 11.3. The Morgan fingerprint density at radius 1 is 0.744 bits per heavy atom. The minimum Gasteiger partial charge on any atom is -0.489 e. The zero-order valence-corrected chi connectivity index (χ0v) is 22.0. The molecular weight excluding hydrogens is 488 g/mol. The van der Waals surface area contributed by atoms with Crippen molar-refractivity contribution < 1.29 is 23.7 Å². The third-order valence-corrected chi connectivity index (χ3v) is 7.63. The number of ether oxygens (including phenoxy) is 4. The summed E-state index contributed by atoms with van der Waals surface area (Å²) in [7, 11) is 1.68. The van der Waals surface area contributed by atoms with E-state index in [-0.39, 0.29) is 23.7 Å². The van der Waals surface area contributed by atoms with Crippen molar-refractivity contribution in [1.82, 2.24) is 0 Å². The van der Waals surface area contributed by atoms with Crippen molar-refractivity contribution in [2.24, 2.45) is 5.92 Å². The van der Waals surface area contributed by atoms with Crippen LogP contribution in [0.15, 0.2) is 97.1 Å². The largest absolute Gasteiger partial charge is 0.489 e. The molecule has 0 bridgehead atoms. The molecule has 3 atom stereocenters. The fraction of sp³-hybridized carbons (Fsp3) is 0.265. The molecule has 1 saturated carbocycles. The molecule has 2 aliphatic rings. The fourth-order valence-corrected chi connectivity index (χ4v) is 5.76. The first kappa shape index (κ1) is 25.2. The van der Waals surface area contributed by atoms with Gasteiger partial charge in [0.2, 0.25) is 0 Å². The maximum Gasteiger partial charge on any atom is 0.133 e. The van der Waals surface area contributed by atoms with Gasteiger partial charge in [0.15, 0.2) is 0 Å². The highest BCUT2D eigenvalue weighted by molar-refractivity contribution is 5.83. The first-order valence-corrected chi connectivity index (χ1v) is 13.5. The Kier molecular flexibility index (Phi) is 7.33. The lowest BCUT2D eigenvalue weighted by molar-refractivity contribution is -0.117. The molecule has 5 nitrogen and oxygen atoms in total. The molecule has 198 valence electrons. The van der Waals surface area contributed by atoms with Crippen molar-refractivity contribution in [3.8, 4) is 17.2 Å². The molecule has 0 spiro atoms. The number of rotatable bonds is 9. The molecule has 0 saturated heterocycles. The average molecular weight is 521 g/mol. The fourth-order valence-electron chi connectivity index (χ4n) is 5.76. The van der Waals surface area contributed by atoms with E-state index in [0.29, 0.717) is 32.7 Å². The second-order valence-electron chi connectivity index (χ2n) is 10.3. The highest BCUT2D eigenvalue weighted by Crippen LogP contribution is 2.54. The van der Waals surface area contributed by atoms with Crippen LogP contribution in [-0.2, 0) is 29.4 Å². The van der Waals surface area contributed by atoms with Gasteiger partial charge in [-0.2, -0.15) is 0 Å². The minimum atomic E-state index is -0.219. The summed E-state index contributed by atoms with van der Waals surface area (Å²) in [5, 5.41) is 0. The van der Waals surface area contributed by atoms with E-state index in [1.165, 1.54) is 0 Å². The first-order chi connectivity index (χ1) is 19.2. The number of methoxy groups -OCH3 is 1. The Hall–Kier alpha value is -4.09. The highest BCUT2D eigenvalue weighted by Gasteiger charge is 2.46.